The molecule has 26 heavy (non-hydrogen) atoms. The fourth-order valence-electron chi connectivity index (χ4n) is 3.04. The SMILES string of the molecule is c1ccc(Nc2cc(Nc3ccccn3)nc(N3CCCCC3)n2)cc1. The number of hydrogen-bond donors (Lipinski definition) is 2. The van der Waals surface area contributed by atoms with Gasteiger partial charge in [-0.3, -0.25) is 0 Å². The molecule has 1 aliphatic rings. The van der Waals surface area contributed by atoms with Gasteiger partial charge in [0.1, 0.15) is 17.5 Å². The first kappa shape index (κ1) is 16.3. The Morgan fingerprint density at radius 2 is 1.46 bits per heavy atom. The molecule has 0 radical (unpaired) electrons. The summed E-state index contributed by atoms with van der Waals surface area (Å²) in [5.41, 5.74) is 1.000. The number of piperidine rings is 1. The topological polar surface area (TPSA) is 66.0 Å². The van der Waals surface area contributed by atoms with Crippen LogP contribution < -0.4 is 15.5 Å². The van der Waals surface area contributed by atoms with Gasteiger partial charge in [-0.15, -0.1) is 0 Å². The van der Waals surface area contributed by atoms with Crippen LogP contribution in [0, 0.1) is 0 Å². The predicted molar refractivity (Wildman–Crippen MR) is 105 cm³/mol. The summed E-state index contributed by atoms with van der Waals surface area (Å²) in [5.74, 6) is 3.02. The maximum atomic E-state index is 4.74. The number of hydrogen-bond acceptors (Lipinski definition) is 6. The summed E-state index contributed by atoms with van der Waals surface area (Å²) in [6.45, 7) is 2.00. The van der Waals surface area contributed by atoms with Crippen LogP contribution in [0.5, 0.6) is 0 Å². The Kier molecular flexibility index (Phi) is 4.91. The van der Waals surface area contributed by atoms with E-state index in [-0.39, 0.29) is 0 Å². The van der Waals surface area contributed by atoms with Crippen LogP contribution >= 0.6 is 0 Å². The van der Waals surface area contributed by atoms with Gasteiger partial charge >= 0.3 is 0 Å². The first-order valence-electron chi connectivity index (χ1n) is 9.01. The third-order valence-corrected chi connectivity index (χ3v) is 4.32. The lowest BCUT2D eigenvalue weighted by atomic mass is 10.1. The van der Waals surface area contributed by atoms with Crippen molar-refractivity contribution in [1.82, 2.24) is 15.0 Å². The highest BCUT2D eigenvalue weighted by Crippen LogP contribution is 2.24. The second-order valence-electron chi connectivity index (χ2n) is 6.32. The molecular weight excluding hydrogens is 324 g/mol. The van der Waals surface area contributed by atoms with Gasteiger partial charge in [-0.05, 0) is 43.5 Å². The second kappa shape index (κ2) is 7.82. The molecule has 6 nitrogen and oxygen atoms in total. The number of pyridine rings is 1. The van der Waals surface area contributed by atoms with Gasteiger partial charge in [0.15, 0.2) is 0 Å². The van der Waals surface area contributed by atoms with Gasteiger partial charge in [-0.1, -0.05) is 24.3 Å². The average molecular weight is 346 g/mol. The molecule has 132 valence electrons. The minimum absolute atomic E-state index is 0.734. The zero-order valence-electron chi connectivity index (χ0n) is 14.6. The Bertz CT molecular complexity index is 772. The number of nitrogens with one attached hydrogen (secondary N) is 2. The van der Waals surface area contributed by atoms with Gasteiger partial charge in [0.2, 0.25) is 5.95 Å². The van der Waals surface area contributed by atoms with Crippen LogP contribution in [-0.4, -0.2) is 28.0 Å². The molecule has 0 aliphatic carbocycles. The van der Waals surface area contributed by atoms with Gasteiger partial charge in [-0.2, -0.15) is 9.97 Å². The first-order valence-corrected chi connectivity index (χ1v) is 9.01. The molecule has 0 amide bonds. The number of para-hydroxylation sites is 1. The third kappa shape index (κ3) is 4.08. The van der Waals surface area contributed by atoms with Crippen molar-refractivity contribution < 1.29 is 0 Å². The summed E-state index contributed by atoms with van der Waals surface area (Å²) >= 11 is 0. The van der Waals surface area contributed by atoms with Crippen LogP contribution in [0.2, 0.25) is 0 Å². The van der Waals surface area contributed by atoms with Crippen molar-refractivity contribution in [3.8, 4) is 0 Å². The predicted octanol–water partition coefficient (Wildman–Crippen LogP) is 4.35. The van der Waals surface area contributed by atoms with E-state index in [0.29, 0.717) is 0 Å². The van der Waals surface area contributed by atoms with Crippen LogP contribution in [0.3, 0.4) is 0 Å². The van der Waals surface area contributed by atoms with E-state index < -0.39 is 0 Å². The number of aromatic nitrogens is 3. The molecule has 0 saturated carbocycles. The van der Waals surface area contributed by atoms with E-state index in [1.807, 2.05) is 54.6 Å². The van der Waals surface area contributed by atoms with Crippen LogP contribution in [0.1, 0.15) is 19.3 Å². The Labute approximate surface area is 153 Å². The van der Waals surface area contributed by atoms with Crippen molar-refractivity contribution in [2.24, 2.45) is 0 Å². The van der Waals surface area contributed by atoms with Gasteiger partial charge in [0.05, 0.1) is 0 Å². The smallest absolute Gasteiger partial charge is 0.229 e. The molecule has 2 N–H and O–H groups in total. The fourth-order valence-corrected chi connectivity index (χ4v) is 3.04. The molecule has 6 heteroatoms. The highest BCUT2D eigenvalue weighted by molar-refractivity contribution is 5.64. The molecule has 3 aromatic rings. The number of anilines is 5. The summed E-state index contributed by atoms with van der Waals surface area (Å²) in [4.78, 5) is 16.0. The lowest BCUT2D eigenvalue weighted by molar-refractivity contribution is 0.568. The Balaban J connectivity index is 1.64. The second-order valence-corrected chi connectivity index (χ2v) is 6.32. The number of rotatable bonds is 5. The standard InChI is InChI=1S/C20H22N6/c1-3-9-16(10-4-1)22-18-15-19(23-17-11-5-6-12-21-17)25-20(24-18)26-13-7-2-8-14-26/h1,3-6,9-12,15H,2,7-8,13-14H2,(H2,21,22,23,24,25). The van der Waals surface area contributed by atoms with E-state index in [0.717, 1.165) is 42.2 Å². The van der Waals surface area contributed by atoms with E-state index in [4.69, 9.17) is 9.97 Å². The molecule has 0 bridgehead atoms. The summed E-state index contributed by atoms with van der Waals surface area (Å²) in [7, 11) is 0. The monoisotopic (exact) mass is 346 g/mol. The molecule has 1 aromatic carbocycles. The van der Waals surface area contributed by atoms with Crippen molar-refractivity contribution in [3.63, 3.8) is 0 Å². The lowest BCUT2D eigenvalue weighted by Gasteiger charge is -2.27. The summed E-state index contributed by atoms with van der Waals surface area (Å²) in [6, 6.07) is 17.7. The Morgan fingerprint density at radius 3 is 2.19 bits per heavy atom. The fraction of sp³-hybridized carbons (Fsp3) is 0.250. The van der Waals surface area contributed by atoms with Crippen LogP contribution in [0.15, 0.2) is 60.8 Å². The molecule has 4 rings (SSSR count). The van der Waals surface area contributed by atoms with Crippen molar-refractivity contribution >= 4 is 29.1 Å². The molecule has 0 spiro atoms. The average Bonchev–Trinajstić information content (AvgIpc) is 2.70. The third-order valence-electron chi connectivity index (χ3n) is 4.32. The molecule has 0 unspecified atom stereocenters. The maximum Gasteiger partial charge on any atom is 0.229 e. The maximum absolute atomic E-state index is 4.74. The zero-order chi connectivity index (χ0) is 17.6. The normalized spacial score (nSPS) is 14.1. The highest BCUT2D eigenvalue weighted by Gasteiger charge is 2.16. The summed E-state index contributed by atoms with van der Waals surface area (Å²) < 4.78 is 0. The quantitative estimate of drug-likeness (QED) is 0.716. The van der Waals surface area contributed by atoms with Crippen molar-refractivity contribution in [1.29, 1.82) is 0 Å². The molecule has 1 saturated heterocycles. The Morgan fingerprint density at radius 1 is 0.731 bits per heavy atom. The first-order chi connectivity index (χ1) is 12.9. The zero-order valence-corrected chi connectivity index (χ0v) is 14.6. The minimum atomic E-state index is 0.734. The van der Waals surface area contributed by atoms with Crippen molar-refractivity contribution in [2.45, 2.75) is 19.3 Å². The molecule has 1 fully saturated rings. The minimum Gasteiger partial charge on any atom is -0.341 e. The van der Waals surface area contributed by atoms with E-state index in [2.05, 4.69) is 20.5 Å². The van der Waals surface area contributed by atoms with Crippen molar-refractivity contribution in [3.05, 3.63) is 60.8 Å². The van der Waals surface area contributed by atoms with Crippen LogP contribution in [0.4, 0.5) is 29.1 Å². The van der Waals surface area contributed by atoms with Crippen LogP contribution in [-0.2, 0) is 0 Å². The highest BCUT2D eigenvalue weighted by atomic mass is 15.3. The van der Waals surface area contributed by atoms with E-state index in [9.17, 15) is 0 Å². The van der Waals surface area contributed by atoms with Gasteiger partial charge < -0.3 is 15.5 Å². The Hall–Kier alpha value is -3.15. The van der Waals surface area contributed by atoms with E-state index >= 15 is 0 Å². The van der Waals surface area contributed by atoms with E-state index in [1.54, 1.807) is 6.20 Å². The van der Waals surface area contributed by atoms with Gasteiger partial charge in [0, 0.05) is 31.0 Å². The summed E-state index contributed by atoms with van der Waals surface area (Å²) in [6.07, 6.45) is 5.40. The van der Waals surface area contributed by atoms with Gasteiger partial charge in [0.25, 0.3) is 0 Å². The number of benzene rings is 1. The molecule has 3 heterocycles. The van der Waals surface area contributed by atoms with E-state index in [1.165, 1.54) is 19.3 Å². The van der Waals surface area contributed by atoms with Crippen LogP contribution in [0.25, 0.3) is 0 Å². The molecule has 2 aromatic heterocycles. The van der Waals surface area contributed by atoms with Crippen molar-refractivity contribution in [2.75, 3.05) is 28.6 Å². The number of nitrogens with zero attached hydrogens (tertiary/aromatic N) is 4. The lowest BCUT2D eigenvalue weighted by Crippen LogP contribution is -2.31. The van der Waals surface area contributed by atoms with Gasteiger partial charge in [-0.25, -0.2) is 4.98 Å². The summed E-state index contributed by atoms with van der Waals surface area (Å²) in [5, 5.41) is 6.65. The molecule has 1 aliphatic heterocycles. The largest absolute Gasteiger partial charge is 0.341 e. The molecule has 0 atom stereocenters. The molecular formula is C20H22N6.